The quantitative estimate of drug-likeness (QED) is 0.180. The summed E-state index contributed by atoms with van der Waals surface area (Å²) in [6, 6.07) is 8.50. The van der Waals surface area contributed by atoms with Crippen molar-refractivity contribution in [1.82, 2.24) is 0 Å². The zero-order valence-corrected chi connectivity index (χ0v) is 21.7. The molecule has 8 N–H and O–H groups in total. The average molecular weight is 534 g/mol. The third kappa shape index (κ3) is 4.82. The number of nitrogens with two attached hydrogens (primary N) is 2. The molecule has 1 unspecified atom stereocenters. The number of amides is 1. The van der Waals surface area contributed by atoms with E-state index in [-0.39, 0.29) is 41.7 Å². The summed E-state index contributed by atoms with van der Waals surface area (Å²) >= 11 is 0. The van der Waals surface area contributed by atoms with Crippen LogP contribution in [-0.4, -0.2) is 64.2 Å². The van der Waals surface area contributed by atoms with E-state index < -0.39 is 53.7 Å². The average Bonchev–Trinajstić information content (AvgIpc) is 2.87. The molecule has 0 aromatic heterocycles. The Morgan fingerprint density at radius 1 is 1.15 bits per heavy atom. The number of carbonyl (C=O) groups excluding carboxylic acids is 3. The minimum atomic E-state index is -2.58. The van der Waals surface area contributed by atoms with Crippen LogP contribution in [0.4, 0.5) is 11.4 Å². The van der Waals surface area contributed by atoms with Crippen molar-refractivity contribution >= 4 is 28.8 Å². The number of Topliss-reactive ketones (excluding diaryl/α,β-unsaturated/α-hetero) is 2. The monoisotopic (exact) mass is 533 g/mol. The zero-order chi connectivity index (χ0) is 28.6. The smallest absolute Gasteiger partial charge is 0.225 e. The van der Waals surface area contributed by atoms with Crippen molar-refractivity contribution in [3.8, 4) is 17.6 Å². The number of carbonyl (C=O) groups is 3. The van der Waals surface area contributed by atoms with Crippen molar-refractivity contribution < 1.29 is 34.8 Å². The molecule has 4 rings (SSSR count). The minimum absolute atomic E-state index is 0.0542. The standard InChI is InChI=1S/C29H31N3O7/c1-32(2)21-13-16(6-3-15-4-7-19(30)8-5-15)26(36)25-20(21)12-17-11-18(9-10-33)29(39,22(34)14-23(31)35)28(38)24(17)27(25)37/h4-5,7-8,13,17-18,33,36,38-39H,9-12,14,30H2,1-2H3,(H2,31,35)/t17?,18-,29-/m1/s1. The first-order chi connectivity index (χ1) is 18.4. The second kappa shape index (κ2) is 10.4. The number of hydrogen-bond donors (Lipinski definition) is 6. The molecule has 204 valence electrons. The number of hydrogen-bond acceptors (Lipinski definition) is 9. The fourth-order valence-corrected chi connectivity index (χ4v) is 5.57. The maximum atomic E-state index is 13.9. The van der Waals surface area contributed by atoms with Crippen molar-refractivity contribution in [1.29, 1.82) is 0 Å². The van der Waals surface area contributed by atoms with E-state index in [2.05, 4.69) is 11.8 Å². The number of aromatic hydroxyl groups is 1. The Labute approximate surface area is 225 Å². The van der Waals surface area contributed by atoms with Crippen LogP contribution in [0.2, 0.25) is 0 Å². The van der Waals surface area contributed by atoms with E-state index >= 15 is 0 Å². The van der Waals surface area contributed by atoms with Gasteiger partial charge in [0.1, 0.15) is 11.5 Å². The number of anilines is 2. The summed E-state index contributed by atoms with van der Waals surface area (Å²) in [5.74, 6) is 0.207. The van der Waals surface area contributed by atoms with E-state index in [0.29, 0.717) is 22.5 Å². The van der Waals surface area contributed by atoms with Crippen molar-refractivity contribution in [3.05, 3.63) is 63.9 Å². The van der Waals surface area contributed by atoms with Crippen LogP contribution in [0.3, 0.4) is 0 Å². The molecule has 0 heterocycles. The summed E-state index contributed by atoms with van der Waals surface area (Å²) < 4.78 is 0. The van der Waals surface area contributed by atoms with E-state index in [4.69, 9.17) is 11.5 Å². The second-order valence-electron chi connectivity index (χ2n) is 10.2. The first-order valence-corrected chi connectivity index (χ1v) is 12.5. The summed E-state index contributed by atoms with van der Waals surface area (Å²) in [4.78, 5) is 40.1. The van der Waals surface area contributed by atoms with Gasteiger partial charge in [-0.2, -0.15) is 0 Å². The first-order valence-electron chi connectivity index (χ1n) is 12.5. The summed E-state index contributed by atoms with van der Waals surface area (Å²) in [5, 5.41) is 43.5. The van der Waals surface area contributed by atoms with Gasteiger partial charge < -0.3 is 36.8 Å². The third-order valence-electron chi connectivity index (χ3n) is 7.46. The predicted molar refractivity (Wildman–Crippen MR) is 144 cm³/mol. The molecule has 0 spiro atoms. The Kier molecular flexibility index (Phi) is 7.41. The van der Waals surface area contributed by atoms with Gasteiger partial charge in [0.05, 0.1) is 17.5 Å². The van der Waals surface area contributed by atoms with Crippen molar-refractivity contribution in [2.75, 3.05) is 31.3 Å². The molecule has 1 amide bonds. The highest BCUT2D eigenvalue weighted by atomic mass is 16.3. The second-order valence-corrected chi connectivity index (χ2v) is 10.2. The van der Waals surface area contributed by atoms with Gasteiger partial charge in [-0.3, -0.25) is 14.4 Å². The molecule has 2 aromatic rings. The number of nitrogens with zero attached hydrogens (tertiary/aromatic N) is 1. The highest BCUT2D eigenvalue weighted by molar-refractivity contribution is 6.16. The molecule has 0 fully saturated rings. The lowest BCUT2D eigenvalue weighted by Gasteiger charge is -2.44. The molecule has 0 saturated carbocycles. The minimum Gasteiger partial charge on any atom is -0.508 e. The number of allylic oxidation sites excluding steroid dienone is 1. The van der Waals surface area contributed by atoms with Gasteiger partial charge in [0.2, 0.25) is 5.91 Å². The number of phenols is 1. The van der Waals surface area contributed by atoms with Crippen molar-refractivity contribution in [3.63, 3.8) is 0 Å². The van der Waals surface area contributed by atoms with Gasteiger partial charge in [-0.15, -0.1) is 0 Å². The molecule has 39 heavy (non-hydrogen) atoms. The van der Waals surface area contributed by atoms with Gasteiger partial charge in [-0.25, -0.2) is 0 Å². The van der Waals surface area contributed by atoms with Crippen LogP contribution in [0, 0.1) is 23.7 Å². The molecule has 0 saturated heterocycles. The predicted octanol–water partition coefficient (Wildman–Crippen LogP) is 1.19. The van der Waals surface area contributed by atoms with Gasteiger partial charge in [-0.05, 0) is 61.1 Å². The number of aliphatic hydroxyl groups excluding tert-OH is 2. The van der Waals surface area contributed by atoms with Gasteiger partial charge in [0.15, 0.2) is 17.2 Å². The van der Waals surface area contributed by atoms with Crippen LogP contribution in [0.1, 0.15) is 46.3 Å². The number of benzene rings is 2. The van der Waals surface area contributed by atoms with Crippen molar-refractivity contribution in [2.45, 2.75) is 31.3 Å². The number of primary amides is 1. The SMILES string of the molecule is CN(C)c1cc(C#Cc2ccc(N)cc2)c(O)c2c1CC1C[C@@H](CCO)[C@@](O)(C(=O)CC(N)=O)C(O)=C1C2=O. The molecule has 10 nitrogen and oxygen atoms in total. The van der Waals surface area contributed by atoms with E-state index in [1.165, 1.54) is 0 Å². The van der Waals surface area contributed by atoms with Gasteiger partial charge in [0.25, 0.3) is 0 Å². The molecule has 0 bridgehead atoms. The third-order valence-corrected chi connectivity index (χ3v) is 7.46. The van der Waals surface area contributed by atoms with E-state index in [0.717, 1.165) is 0 Å². The largest absolute Gasteiger partial charge is 0.508 e. The Morgan fingerprint density at radius 2 is 1.82 bits per heavy atom. The lowest BCUT2D eigenvalue weighted by Crippen LogP contribution is -2.54. The highest BCUT2D eigenvalue weighted by Crippen LogP contribution is 2.50. The topological polar surface area (TPSA) is 187 Å². The summed E-state index contributed by atoms with van der Waals surface area (Å²) in [5.41, 5.74) is 10.6. The van der Waals surface area contributed by atoms with Crippen LogP contribution in [-0.2, 0) is 16.0 Å². The summed E-state index contributed by atoms with van der Waals surface area (Å²) in [7, 11) is 3.57. The van der Waals surface area contributed by atoms with Gasteiger partial charge in [0, 0.05) is 49.1 Å². The molecule has 3 atom stereocenters. The number of ketones is 2. The molecular weight excluding hydrogens is 502 g/mol. The van der Waals surface area contributed by atoms with Crippen LogP contribution in [0.5, 0.6) is 5.75 Å². The number of rotatable bonds is 6. The molecule has 2 aliphatic rings. The Bertz CT molecular complexity index is 1450. The molecular formula is C29H31N3O7. The van der Waals surface area contributed by atoms with Crippen LogP contribution in [0.25, 0.3) is 0 Å². The van der Waals surface area contributed by atoms with E-state index in [1.807, 2.05) is 0 Å². The van der Waals surface area contributed by atoms with Crippen LogP contribution < -0.4 is 16.4 Å². The Morgan fingerprint density at radius 3 is 2.41 bits per heavy atom. The molecule has 2 aromatic carbocycles. The normalized spacial score (nSPS) is 21.9. The lowest BCUT2D eigenvalue weighted by molar-refractivity contribution is -0.147. The summed E-state index contributed by atoms with van der Waals surface area (Å²) in [6.45, 7) is -0.392. The number of phenolic OH excluding ortho intramolecular Hbond substituents is 1. The summed E-state index contributed by atoms with van der Waals surface area (Å²) in [6.07, 6.45) is -0.610. The fourth-order valence-electron chi connectivity index (χ4n) is 5.57. The number of fused-ring (bicyclic) bond motifs is 2. The molecule has 0 radical (unpaired) electrons. The van der Waals surface area contributed by atoms with Gasteiger partial charge >= 0.3 is 0 Å². The van der Waals surface area contributed by atoms with E-state index in [1.54, 1.807) is 49.3 Å². The molecule has 2 aliphatic carbocycles. The molecule has 0 aliphatic heterocycles. The Hall–Kier alpha value is -4.33. The number of nitrogen functional groups attached to an aromatic ring is 1. The zero-order valence-electron chi connectivity index (χ0n) is 21.7. The number of aliphatic hydroxyl groups is 3. The Balaban J connectivity index is 1.89. The maximum absolute atomic E-state index is 13.9. The molecule has 10 heteroatoms. The van der Waals surface area contributed by atoms with Crippen LogP contribution >= 0.6 is 0 Å². The lowest BCUT2D eigenvalue weighted by atomic mass is 9.62. The van der Waals surface area contributed by atoms with Gasteiger partial charge in [-0.1, -0.05) is 11.8 Å². The van der Waals surface area contributed by atoms with E-state index in [9.17, 15) is 34.8 Å². The fraction of sp³-hybridized carbons (Fsp3) is 0.345. The van der Waals surface area contributed by atoms with Crippen molar-refractivity contribution in [2.24, 2.45) is 17.6 Å². The highest BCUT2D eigenvalue weighted by Gasteiger charge is 2.55. The maximum Gasteiger partial charge on any atom is 0.225 e. The van der Waals surface area contributed by atoms with Crippen LogP contribution in [0.15, 0.2) is 41.7 Å². The first kappa shape index (κ1) is 27.7.